The molecule has 0 radical (unpaired) electrons. The van der Waals surface area contributed by atoms with Crippen LogP contribution in [0.15, 0.2) is 47.1 Å². The molecule has 0 atom stereocenters. The van der Waals surface area contributed by atoms with Gasteiger partial charge in [-0.05, 0) is 36.4 Å². The maximum absolute atomic E-state index is 12.1. The molecule has 0 aliphatic heterocycles. The zero-order valence-corrected chi connectivity index (χ0v) is 14.2. The van der Waals surface area contributed by atoms with Crippen LogP contribution in [0.25, 0.3) is 11.4 Å². The summed E-state index contributed by atoms with van der Waals surface area (Å²) in [6, 6.07) is 10.5. The average molecular weight is 358 g/mol. The highest BCUT2D eigenvalue weighted by molar-refractivity contribution is 6.30. The van der Waals surface area contributed by atoms with Crippen LogP contribution in [0.3, 0.4) is 0 Å². The largest absolute Gasteiger partial charge is 0.373 e. The van der Waals surface area contributed by atoms with Crippen molar-refractivity contribution in [2.24, 2.45) is 0 Å². The normalized spacial score (nSPS) is 10.5. The number of hydrogen-bond acceptors (Lipinski definition) is 6. The van der Waals surface area contributed by atoms with E-state index in [0.29, 0.717) is 41.1 Å². The molecule has 2 heterocycles. The molecule has 1 amide bonds. The predicted molar refractivity (Wildman–Crippen MR) is 94.6 cm³/mol. The number of amides is 1. The van der Waals surface area contributed by atoms with Crippen molar-refractivity contribution < 1.29 is 9.32 Å². The number of carbonyl (C=O) groups excluding carboxylic acids is 1. The fourth-order valence-electron chi connectivity index (χ4n) is 2.17. The minimum Gasteiger partial charge on any atom is -0.373 e. The minimum atomic E-state index is -0.184. The molecule has 7 nitrogen and oxygen atoms in total. The van der Waals surface area contributed by atoms with Gasteiger partial charge < -0.3 is 15.2 Å². The van der Waals surface area contributed by atoms with Crippen molar-refractivity contribution in [3.63, 3.8) is 0 Å². The molecule has 3 aromatic rings. The van der Waals surface area contributed by atoms with Crippen LogP contribution in [0.4, 0.5) is 5.82 Å². The Morgan fingerprint density at radius 1 is 1.24 bits per heavy atom. The van der Waals surface area contributed by atoms with Gasteiger partial charge in [0.25, 0.3) is 5.91 Å². The fraction of sp³-hybridized carbons (Fsp3) is 0.176. The molecule has 0 bridgehead atoms. The summed E-state index contributed by atoms with van der Waals surface area (Å²) in [7, 11) is 1.75. The van der Waals surface area contributed by atoms with Crippen LogP contribution in [0, 0.1) is 0 Å². The summed E-state index contributed by atoms with van der Waals surface area (Å²) in [6.07, 6.45) is 2.02. The van der Waals surface area contributed by atoms with Crippen LogP contribution in [0.1, 0.15) is 16.2 Å². The van der Waals surface area contributed by atoms with Gasteiger partial charge in [-0.25, -0.2) is 4.98 Å². The van der Waals surface area contributed by atoms with Crippen LogP contribution in [0.5, 0.6) is 0 Å². The number of nitrogens with zero attached hydrogens (tertiary/aromatic N) is 3. The third kappa shape index (κ3) is 4.33. The third-order valence-electron chi connectivity index (χ3n) is 3.47. The van der Waals surface area contributed by atoms with Gasteiger partial charge in [-0.1, -0.05) is 16.8 Å². The summed E-state index contributed by atoms with van der Waals surface area (Å²) < 4.78 is 5.21. The maximum atomic E-state index is 12.1. The highest BCUT2D eigenvalue weighted by Crippen LogP contribution is 2.18. The maximum Gasteiger partial charge on any atom is 0.251 e. The second kappa shape index (κ2) is 7.76. The van der Waals surface area contributed by atoms with Crippen molar-refractivity contribution in [1.82, 2.24) is 20.4 Å². The molecule has 0 saturated carbocycles. The van der Waals surface area contributed by atoms with Gasteiger partial charge in [0.05, 0.1) is 0 Å². The number of anilines is 1. The predicted octanol–water partition coefficient (Wildman–Crippen LogP) is 2.80. The topological polar surface area (TPSA) is 92.9 Å². The molecule has 0 spiro atoms. The molecule has 1 aromatic carbocycles. The quantitative estimate of drug-likeness (QED) is 0.704. The van der Waals surface area contributed by atoms with E-state index < -0.39 is 0 Å². The first-order valence-corrected chi connectivity index (χ1v) is 8.04. The Kier molecular flexibility index (Phi) is 5.25. The van der Waals surface area contributed by atoms with E-state index in [4.69, 9.17) is 16.1 Å². The molecule has 2 aromatic heterocycles. The van der Waals surface area contributed by atoms with Crippen molar-refractivity contribution in [3.05, 3.63) is 59.1 Å². The Bertz CT molecular complexity index is 863. The number of rotatable bonds is 6. The zero-order chi connectivity index (χ0) is 17.6. The second-order valence-electron chi connectivity index (χ2n) is 5.20. The van der Waals surface area contributed by atoms with Crippen molar-refractivity contribution in [3.8, 4) is 11.4 Å². The summed E-state index contributed by atoms with van der Waals surface area (Å²) in [5.41, 5.74) is 1.35. The van der Waals surface area contributed by atoms with Crippen LogP contribution < -0.4 is 10.6 Å². The van der Waals surface area contributed by atoms with Crippen molar-refractivity contribution >= 4 is 23.3 Å². The lowest BCUT2D eigenvalue weighted by atomic mass is 10.2. The van der Waals surface area contributed by atoms with Crippen LogP contribution in [0.2, 0.25) is 5.02 Å². The summed E-state index contributed by atoms with van der Waals surface area (Å²) in [6.45, 7) is 0.387. The van der Waals surface area contributed by atoms with Gasteiger partial charge in [0.2, 0.25) is 11.7 Å². The fourth-order valence-corrected chi connectivity index (χ4v) is 2.29. The lowest BCUT2D eigenvalue weighted by molar-refractivity contribution is 0.0953. The van der Waals surface area contributed by atoms with Gasteiger partial charge in [0.1, 0.15) is 5.82 Å². The standard InChI is InChI=1S/C17H16ClN5O2/c1-19-14-10-12(6-8-20-14)17(24)21-9-7-15-22-16(23-25-15)11-2-4-13(18)5-3-11/h2-6,8,10H,7,9H2,1H3,(H,19,20)(H,21,24). The Hall–Kier alpha value is -2.93. The number of aromatic nitrogens is 3. The van der Waals surface area contributed by atoms with E-state index in [-0.39, 0.29) is 5.91 Å². The highest BCUT2D eigenvalue weighted by Gasteiger charge is 2.10. The number of pyridine rings is 1. The SMILES string of the molecule is CNc1cc(C(=O)NCCc2nc(-c3ccc(Cl)cc3)no2)ccn1. The molecule has 0 saturated heterocycles. The smallest absolute Gasteiger partial charge is 0.251 e. The number of halogens is 1. The van der Waals surface area contributed by atoms with Gasteiger partial charge in [-0.15, -0.1) is 0 Å². The molecule has 3 rings (SSSR count). The number of nitrogens with one attached hydrogen (secondary N) is 2. The molecule has 25 heavy (non-hydrogen) atoms. The Labute approximate surface area is 149 Å². The minimum absolute atomic E-state index is 0.184. The number of carbonyl (C=O) groups is 1. The van der Waals surface area contributed by atoms with Gasteiger partial charge in [-0.2, -0.15) is 4.98 Å². The van der Waals surface area contributed by atoms with E-state index in [0.717, 1.165) is 5.56 Å². The summed E-state index contributed by atoms with van der Waals surface area (Å²) in [4.78, 5) is 20.5. The van der Waals surface area contributed by atoms with Gasteiger partial charge in [0, 0.05) is 42.4 Å². The van der Waals surface area contributed by atoms with E-state index >= 15 is 0 Å². The first-order chi connectivity index (χ1) is 12.2. The third-order valence-corrected chi connectivity index (χ3v) is 3.73. The van der Waals surface area contributed by atoms with Gasteiger partial charge in [0.15, 0.2) is 0 Å². The summed E-state index contributed by atoms with van der Waals surface area (Å²) >= 11 is 5.86. The number of benzene rings is 1. The summed E-state index contributed by atoms with van der Waals surface area (Å²) in [5, 5.41) is 10.3. The number of hydrogen-bond donors (Lipinski definition) is 2. The molecule has 0 unspecified atom stereocenters. The monoisotopic (exact) mass is 357 g/mol. The lowest BCUT2D eigenvalue weighted by Crippen LogP contribution is -2.25. The molecule has 0 aliphatic carbocycles. The molecular weight excluding hydrogens is 342 g/mol. The van der Waals surface area contributed by atoms with E-state index in [9.17, 15) is 4.79 Å². The molecule has 8 heteroatoms. The van der Waals surface area contributed by atoms with Crippen molar-refractivity contribution in [1.29, 1.82) is 0 Å². The van der Waals surface area contributed by atoms with Crippen molar-refractivity contribution in [2.75, 3.05) is 18.9 Å². The van der Waals surface area contributed by atoms with E-state index in [1.807, 2.05) is 12.1 Å². The molecule has 2 N–H and O–H groups in total. The van der Waals surface area contributed by atoms with Crippen LogP contribution in [-0.4, -0.2) is 34.6 Å². The van der Waals surface area contributed by atoms with E-state index in [1.54, 1.807) is 37.5 Å². The first-order valence-electron chi connectivity index (χ1n) is 7.66. The van der Waals surface area contributed by atoms with E-state index in [2.05, 4.69) is 25.8 Å². The zero-order valence-electron chi connectivity index (χ0n) is 13.5. The van der Waals surface area contributed by atoms with Crippen molar-refractivity contribution in [2.45, 2.75) is 6.42 Å². The Morgan fingerprint density at radius 2 is 2.04 bits per heavy atom. The first kappa shape index (κ1) is 16.9. The molecule has 128 valence electrons. The van der Waals surface area contributed by atoms with E-state index in [1.165, 1.54) is 0 Å². The van der Waals surface area contributed by atoms with Crippen LogP contribution in [-0.2, 0) is 6.42 Å². The molecule has 0 aliphatic rings. The molecule has 0 fully saturated rings. The summed E-state index contributed by atoms with van der Waals surface area (Å²) in [5.74, 6) is 1.40. The lowest BCUT2D eigenvalue weighted by Gasteiger charge is -2.05. The average Bonchev–Trinajstić information content (AvgIpc) is 3.11. The van der Waals surface area contributed by atoms with Crippen LogP contribution >= 0.6 is 11.6 Å². The Balaban J connectivity index is 1.55. The van der Waals surface area contributed by atoms with Gasteiger partial charge >= 0.3 is 0 Å². The highest BCUT2D eigenvalue weighted by atomic mass is 35.5. The second-order valence-corrected chi connectivity index (χ2v) is 5.64. The Morgan fingerprint density at radius 3 is 2.80 bits per heavy atom. The molecular formula is C17H16ClN5O2. The van der Waals surface area contributed by atoms with Gasteiger partial charge in [-0.3, -0.25) is 4.79 Å².